The Morgan fingerprint density at radius 2 is 1.58 bits per heavy atom. The molecule has 0 aromatic heterocycles. The predicted octanol–water partition coefficient (Wildman–Crippen LogP) is 5.00. The number of hydrogen-bond acceptors (Lipinski definition) is 1. The fraction of sp³-hybridized carbons (Fsp3) is 0.222. The van der Waals surface area contributed by atoms with E-state index in [-0.39, 0.29) is 0 Å². The molecule has 0 N–H and O–H groups in total. The smallest absolute Gasteiger partial charge is 0.127 e. The molecule has 0 fully saturated rings. The van der Waals surface area contributed by atoms with Crippen molar-refractivity contribution < 1.29 is 4.74 Å². The molecule has 0 saturated carbocycles. The highest BCUT2D eigenvalue weighted by Crippen LogP contribution is 2.19. The molecular weight excluding hydrogens is 232 g/mol. The third-order valence-corrected chi connectivity index (χ3v) is 2.91. The summed E-state index contributed by atoms with van der Waals surface area (Å²) in [5.74, 6) is 0.945. The van der Waals surface area contributed by atoms with Gasteiger partial charge in [-0.25, -0.2) is 0 Å². The molecule has 0 saturated heterocycles. The summed E-state index contributed by atoms with van der Waals surface area (Å²) >= 11 is 0. The molecule has 0 spiro atoms. The Balaban J connectivity index is 2.22. The Morgan fingerprint density at radius 1 is 0.947 bits per heavy atom. The highest BCUT2D eigenvalue weighted by atomic mass is 16.5. The molecule has 2 rings (SSSR count). The van der Waals surface area contributed by atoms with Crippen molar-refractivity contribution in [3.8, 4) is 0 Å². The van der Waals surface area contributed by atoms with Crippen LogP contribution in [0.3, 0.4) is 0 Å². The van der Waals surface area contributed by atoms with Crippen LogP contribution in [0.1, 0.15) is 30.9 Å². The van der Waals surface area contributed by atoms with Crippen molar-refractivity contribution in [3.63, 3.8) is 0 Å². The molecule has 0 heterocycles. The Morgan fingerprint density at radius 3 is 2.21 bits per heavy atom. The van der Waals surface area contributed by atoms with Crippen molar-refractivity contribution in [1.82, 2.24) is 0 Å². The Labute approximate surface area is 115 Å². The number of rotatable bonds is 6. The maximum absolute atomic E-state index is 5.93. The van der Waals surface area contributed by atoms with Gasteiger partial charge in [-0.3, -0.25) is 0 Å². The monoisotopic (exact) mass is 252 g/mol. The van der Waals surface area contributed by atoms with Crippen molar-refractivity contribution in [3.05, 3.63) is 71.8 Å². The van der Waals surface area contributed by atoms with Crippen LogP contribution < -0.4 is 0 Å². The summed E-state index contributed by atoms with van der Waals surface area (Å²) in [4.78, 5) is 0. The van der Waals surface area contributed by atoms with Crippen molar-refractivity contribution in [2.75, 3.05) is 6.61 Å². The van der Waals surface area contributed by atoms with Crippen LogP contribution in [0.2, 0.25) is 0 Å². The second kappa shape index (κ2) is 7.42. The molecule has 0 unspecified atom stereocenters. The number of hydrogen-bond donors (Lipinski definition) is 0. The van der Waals surface area contributed by atoms with E-state index in [0.717, 1.165) is 36.3 Å². The van der Waals surface area contributed by atoms with E-state index in [1.165, 1.54) is 0 Å². The summed E-state index contributed by atoms with van der Waals surface area (Å²) in [5, 5.41) is 0. The van der Waals surface area contributed by atoms with Crippen LogP contribution in [0.5, 0.6) is 0 Å². The van der Waals surface area contributed by atoms with Crippen molar-refractivity contribution in [1.29, 1.82) is 0 Å². The van der Waals surface area contributed by atoms with Gasteiger partial charge in [-0.2, -0.15) is 0 Å². The summed E-state index contributed by atoms with van der Waals surface area (Å²) in [7, 11) is 0. The van der Waals surface area contributed by atoms with E-state index in [1.54, 1.807) is 0 Å². The first kappa shape index (κ1) is 13.4. The molecule has 0 atom stereocenters. The van der Waals surface area contributed by atoms with E-state index in [2.05, 4.69) is 37.3 Å². The molecule has 1 nitrogen and oxygen atoms in total. The molecule has 98 valence electrons. The van der Waals surface area contributed by atoms with Crippen LogP contribution in [-0.2, 0) is 4.74 Å². The standard InChI is InChI=1S/C18H20O/c1-2-3-14-19-18(17-12-8-5-9-13-17)15-16-10-6-4-7-11-16/h4-13,15H,2-3,14H2,1H3/b18-15+. The lowest BCUT2D eigenvalue weighted by atomic mass is 10.1. The van der Waals surface area contributed by atoms with Crippen LogP contribution in [0.4, 0.5) is 0 Å². The fourth-order valence-electron chi connectivity index (χ4n) is 1.84. The molecule has 0 aliphatic heterocycles. The first-order valence-corrected chi connectivity index (χ1v) is 6.85. The quantitative estimate of drug-likeness (QED) is 0.399. The fourth-order valence-corrected chi connectivity index (χ4v) is 1.84. The molecule has 0 aliphatic carbocycles. The average Bonchev–Trinajstić information content (AvgIpc) is 2.48. The average molecular weight is 252 g/mol. The minimum absolute atomic E-state index is 0.768. The largest absolute Gasteiger partial charge is 0.493 e. The normalized spacial score (nSPS) is 11.3. The minimum Gasteiger partial charge on any atom is -0.493 e. The van der Waals surface area contributed by atoms with Crippen molar-refractivity contribution in [2.45, 2.75) is 19.8 Å². The molecule has 0 aliphatic rings. The highest BCUT2D eigenvalue weighted by Gasteiger charge is 2.02. The number of unbranched alkanes of at least 4 members (excludes halogenated alkanes) is 1. The maximum Gasteiger partial charge on any atom is 0.127 e. The zero-order valence-electron chi connectivity index (χ0n) is 11.4. The van der Waals surface area contributed by atoms with Gasteiger partial charge < -0.3 is 4.74 Å². The first-order chi connectivity index (χ1) is 9.40. The van der Waals surface area contributed by atoms with Crippen LogP contribution in [0, 0.1) is 0 Å². The van der Waals surface area contributed by atoms with E-state index in [4.69, 9.17) is 4.74 Å². The lowest BCUT2D eigenvalue weighted by Crippen LogP contribution is -1.94. The van der Waals surface area contributed by atoms with Crippen LogP contribution in [0.15, 0.2) is 60.7 Å². The lowest BCUT2D eigenvalue weighted by Gasteiger charge is -2.10. The second-order valence-corrected chi connectivity index (χ2v) is 4.49. The maximum atomic E-state index is 5.93. The summed E-state index contributed by atoms with van der Waals surface area (Å²) in [6.07, 6.45) is 4.33. The molecular formula is C18H20O. The third kappa shape index (κ3) is 4.29. The zero-order chi connectivity index (χ0) is 13.3. The van der Waals surface area contributed by atoms with Gasteiger partial charge in [0.05, 0.1) is 6.61 Å². The molecule has 0 bridgehead atoms. The lowest BCUT2D eigenvalue weighted by molar-refractivity contribution is 0.272. The topological polar surface area (TPSA) is 9.23 Å². The Bertz CT molecular complexity index is 500. The molecule has 2 aromatic carbocycles. The van der Waals surface area contributed by atoms with Gasteiger partial charge in [0.25, 0.3) is 0 Å². The zero-order valence-corrected chi connectivity index (χ0v) is 11.4. The predicted molar refractivity (Wildman–Crippen MR) is 81.6 cm³/mol. The van der Waals surface area contributed by atoms with E-state index >= 15 is 0 Å². The Hall–Kier alpha value is -2.02. The summed E-state index contributed by atoms with van der Waals surface area (Å²) in [5.41, 5.74) is 2.29. The van der Waals surface area contributed by atoms with Crippen molar-refractivity contribution in [2.24, 2.45) is 0 Å². The van der Waals surface area contributed by atoms with E-state index in [1.807, 2.05) is 36.4 Å². The van der Waals surface area contributed by atoms with E-state index < -0.39 is 0 Å². The van der Waals surface area contributed by atoms with Gasteiger partial charge in [-0.05, 0) is 18.1 Å². The third-order valence-electron chi connectivity index (χ3n) is 2.91. The van der Waals surface area contributed by atoms with Gasteiger partial charge in [-0.15, -0.1) is 0 Å². The minimum atomic E-state index is 0.768. The van der Waals surface area contributed by atoms with Gasteiger partial charge in [0.2, 0.25) is 0 Å². The Kier molecular flexibility index (Phi) is 5.24. The molecule has 0 amide bonds. The van der Waals surface area contributed by atoms with E-state index in [0.29, 0.717) is 0 Å². The van der Waals surface area contributed by atoms with Gasteiger partial charge in [0.15, 0.2) is 0 Å². The second-order valence-electron chi connectivity index (χ2n) is 4.49. The van der Waals surface area contributed by atoms with Crippen molar-refractivity contribution >= 4 is 11.8 Å². The molecule has 0 radical (unpaired) electrons. The first-order valence-electron chi connectivity index (χ1n) is 6.85. The summed E-state index contributed by atoms with van der Waals surface area (Å²) < 4.78 is 5.93. The van der Waals surface area contributed by atoms with E-state index in [9.17, 15) is 0 Å². The number of benzene rings is 2. The number of ether oxygens (including phenoxy) is 1. The van der Waals surface area contributed by atoms with Crippen LogP contribution in [-0.4, -0.2) is 6.61 Å². The molecule has 1 heteroatoms. The van der Waals surface area contributed by atoms with Gasteiger partial charge in [-0.1, -0.05) is 74.0 Å². The molecule has 19 heavy (non-hydrogen) atoms. The van der Waals surface area contributed by atoms with Gasteiger partial charge >= 0.3 is 0 Å². The van der Waals surface area contributed by atoms with Crippen LogP contribution >= 0.6 is 0 Å². The highest BCUT2D eigenvalue weighted by molar-refractivity contribution is 5.77. The van der Waals surface area contributed by atoms with Gasteiger partial charge in [0, 0.05) is 5.56 Å². The summed E-state index contributed by atoms with van der Waals surface area (Å²) in [6, 6.07) is 20.6. The SMILES string of the molecule is CCCCO/C(=C/c1ccccc1)c1ccccc1. The van der Waals surface area contributed by atoms with Crippen LogP contribution in [0.25, 0.3) is 11.8 Å². The van der Waals surface area contributed by atoms with Gasteiger partial charge in [0.1, 0.15) is 5.76 Å². The molecule has 2 aromatic rings. The summed E-state index contributed by atoms with van der Waals surface area (Å²) in [6.45, 7) is 2.94.